The molecule has 4 rings (SSSR count). The van der Waals surface area contributed by atoms with Crippen molar-refractivity contribution in [3.8, 4) is 11.8 Å². The Morgan fingerprint density at radius 3 is 2.84 bits per heavy atom. The number of aromatic amines is 1. The summed E-state index contributed by atoms with van der Waals surface area (Å²) in [7, 11) is 0. The van der Waals surface area contributed by atoms with Crippen LogP contribution in [0.5, 0.6) is 0 Å². The molecule has 0 atom stereocenters. The van der Waals surface area contributed by atoms with Gasteiger partial charge in [0.1, 0.15) is 17.7 Å². The number of para-hydroxylation sites is 1. The SMILES string of the molecule is CC(C)n1cc(C=O)c2cccc(C#Cc3ncnc4[nH]ccc34)c21. The minimum atomic E-state index is 0.231. The summed E-state index contributed by atoms with van der Waals surface area (Å²) in [5.74, 6) is 6.38. The van der Waals surface area contributed by atoms with Gasteiger partial charge < -0.3 is 9.55 Å². The highest BCUT2D eigenvalue weighted by molar-refractivity contribution is 6.00. The molecule has 0 unspecified atom stereocenters. The van der Waals surface area contributed by atoms with Gasteiger partial charge in [-0.2, -0.15) is 0 Å². The molecular formula is C20H16N4O. The zero-order valence-corrected chi connectivity index (χ0v) is 13.9. The van der Waals surface area contributed by atoms with Gasteiger partial charge in [-0.25, -0.2) is 9.97 Å². The number of benzene rings is 1. The van der Waals surface area contributed by atoms with Crippen molar-refractivity contribution in [2.75, 3.05) is 0 Å². The average Bonchev–Trinajstić information content (AvgIpc) is 3.24. The van der Waals surface area contributed by atoms with E-state index < -0.39 is 0 Å². The van der Waals surface area contributed by atoms with Crippen LogP contribution in [-0.4, -0.2) is 25.8 Å². The maximum Gasteiger partial charge on any atom is 0.152 e. The molecule has 122 valence electrons. The molecule has 0 radical (unpaired) electrons. The molecule has 0 saturated carbocycles. The molecule has 0 aliphatic carbocycles. The smallest absolute Gasteiger partial charge is 0.152 e. The summed E-state index contributed by atoms with van der Waals surface area (Å²) in [4.78, 5) is 22.9. The number of hydrogen-bond donors (Lipinski definition) is 1. The van der Waals surface area contributed by atoms with Crippen LogP contribution in [-0.2, 0) is 0 Å². The second kappa shape index (κ2) is 5.91. The summed E-state index contributed by atoms with van der Waals surface area (Å²) < 4.78 is 2.09. The van der Waals surface area contributed by atoms with Gasteiger partial charge in [0.05, 0.1) is 10.9 Å². The first-order valence-corrected chi connectivity index (χ1v) is 8.08. The van der Waals surface area contributed by atoms with E-state index in [1.54, 1.807) is 0 Å². The summed E-state index contributed by atoms with van der Waals surface area (Å²) in [6.45, 7) is 4.18. The minimum absolute atomic E-state index is 0.231. The van der Waals surface area contributed by atoms with E-state index in [1.165, 1.54) is 6.33 Å². The van der Waals surface area contributed by atoms with Crippen LogP contribution in [0.2, 0.25) is 0 Å². The van der Waals surface area contributed by atoms with Crippen LogP contribution in [0.25, 0.3) is 21.9 Å². The zero-order chi connectivity index (χ0) is 17.4. The number of carbonyl (C=O) groups excluding carboxylic acids is 1. The lowest BCUT2D eigenvalue weighted by atomic mass is 10.1. The lowest BCUT2D eigenvalue weighted by molar-refractivity contribution is 0.112. The van der Waals surface area contributed by atoms with Crippen molar-refractivity contribution in [3.63, 3.8) is 0 Å². The summed E-state index contributed by atoms with van der Waals surface area (Å²) in [6, 6.07) is 8.00. The van der Waals surface area contributed by atoms with Crippen LogP contribution in [0.4, 0.5) is 0 Å². The Morgan fingerprint density at radius 2 is 2.04 bits per heavy atom. The average molecular weight is 328 g/mol. The molecule has 5 nitrogen and oxygen atoms in total. The highest BCUT2D eigenvalue weighted by Gasteiger charge is 2.12. The molecule has 0 fully saturated rings. The molecule has 5 heteroatoms. The van der Waals surface area contributed by atoms with E-state index in [-0.39, 0.29) is 6.04 Å². The fourth-order valence-electron chi connectivity index (χ4n) is 3.04. The fourth-order valence-corrected chi connectivity index (χ4v) is 3.04. The van der Waals surface area contributed by atoms with Crippen LogP contribution in [0.15, 0.2) is 43.0 Å². The molecule has 0 bridgehead atoms. The Labute approximate surface area is 144 Å². The van der Waals surface area contributed by atoms with Crippen molar-refractivity contribution in [1.82, 2.24) is 19.5 Å². The third-order valence-electron chi connectivity index (χ3n) is 4.24. The monoisotopic (exact) mass is 328 g/mol. The Hall–Kier alpha value is -3.39. The maximum atomic E-state index is 11.4. The van der Waals surface area contributed by atoms with E-state index >= 15 is 0 Å². The van der Waals surface area contributed by atoms with E-state index in [4.69, 9.17) is 0 Å². The predicted octanol–water partition coefficient (Wildman–Crippen LogP) is 3.71. The van der Waals surface area contributed by atoms with Gasteiger partial charge in [-0.15, -0.1) is 0 Å². The van der Waals surface area contributed by atoms with E-state index in [1.807, 2.05) is 36.7 Å². The van der Waals surface area contributed by atoms with Crippen LogP contribution in [0.3, 0.4) is 0 Å². The summed E-state index contributed by atoms with van der Waals surface area (Å²) in [5, 5.41) is 1.82. The van der Waals surface area contributed by atoms with Gasteiger partial charge >= 0.3 is 0 Å². The molecule has 0 aliphatic heterocycles. The van der Waals surface area contributed by atoms with Gasteiger partial charge in [-0.05, 0) is 31.9 Å². The molecule has 25 heavy (non-hydrogen) atoms. The van der Waals surface area contributed by atoms with E-state index in [9.17, 15) is 4.79 Å². The van der Waals surface area contributed by atoms with Gasteiger partial charge in [0.25, 0.3) is 0 Å². The van der Waals surface area contributed by atoms with Gasteiger partial charge in [0, 0.05) is 34.9 Å². The van der Waals surface area contributed by atoms with Gasteiger partial charge in [-0.3, -0.25) is 4.79 Å². The van der Waals surface area contributed by atoms with Crippen molar-refractivity contribution in [3.05, 3.63) is 59.8 Å². The van der Waals surface area contributed by atoms with Crippen LogP contribution in [0.1, 0.15) is 41.5 Å². The van der Waals surface area contributed by atoms with E-state index in [2.05, 4.69) is 45.2 Å². The topological polar surface area (TPSA) is 63.6 Å². The second-order valence-electron chi connectivity index (χ2n) is 6.12. The first kappa shape index (κ1) is 15.2. The van der Waals surface area contributed by atoms with Crippen LogP contribution in [0, 0.1) is 11.8 Å². The van der Waals surface area contributed by atoms with E-state index in [0.29, 0.717) is 11.3 Å². The molecule has 1 N–H and O–H groups in total. The number of rotatable bonds is 2. The third-order valence-corrected chi connectivity index (χ3v) is 4.24. The third kappa shape index (κ3) is 2.48. The standard InChI is InChI=1S/C20H16N4O/c1-13(2)24-10-15(11-25)16-5-3-4-14(19(16)24)6-7-18-17-8-9-21-20(17)23-12-22-18/h3-5,8-13H,1-2H3,(H,21,22,23). The molecule has 3 aromatic heterocycles. The van der Waals surface area contributed by atoms with Crippen molar-refractivity contribution in [2.24, 2.45) is 0 Å². The fraction of sp³-hybridized carbons (Fsp3) is 0.150. The van der Waals surface area contributed by atoms with Gasteiger partial charge in [0.2, 0.25) is 0 Å². The lowest BCUT2D eigenvalue weighted by Crippen LogP contribution is -1.99. The second-order valence-corrected chi connectivity index (χ2v) is 6.12. The molecule has 0 saturated heterocycles. The molecule has 4 aromatic rings. The molecule has 0 spiro atoms. The normalized spacial score (nSPS) is 11.0. The lowest BCUT2D eigenvalue weighted by Gasteiger charge is -2.10. The number of aldehydes is 1. The van der Waals surface area contributed by atoms with Crippen molar-refractivity contribution in [2.45, 2.75) is 19.9 Å². The summed E-state index contributed by atoms with van der Waals surface area (Å²) >= 11 is 0. The number of nitrogens with one attached hydrogen (secondary N) is 1. The number of carbonyl (C=O) groups is 1. The van der Waals surface area contributed by atoms with Gasteiger partial charge in [-0.1, -0.05) is 18.1 Å². The highest BCUT2D eigenvalue weighted by Crippen LogP contribution is 2.26. The van der Waals surface area contributed by atoms with Crippen molar-refractivity contribution in [1.29, 1.82) is 0 Å². The Morgan fingerprint density at radius 1 is 1.16 bits per heavy atom. The predicted molar refractivity (Wildman–Crippen MR) is 97.6 cm³/mol. The molecule has 0 aliphatic rings. The summed E-state index contributed by atoms with van der Waals surface area (Å²) in [6.07, 6.45) is 6.12. The highest BCUT2D eigenvalue weighted by atomic mass is 16.1. The van der Waals surface area contributed by atoms with E-state index in [0.717, 1.165) is 33.8 Å². The van der Waals surface area contributed by atoms with Crippen molar-refractivity contribution < 1.29 is 4.79 Å². The number of hydrogen-bond acceptors (Lipinski definition) is 3. The first-order valence-electron chi connectivity index (χ1n) is 8.08. The Kier molecular flexibility index (Phi) is 3.58. The van der Waals surface area contributed by atoms with Crippen molar-refractivity contribution >= 4 is 28.2 Å². The molecular weight excluding hydrogens is 312 g/mol. The van der Waals surface area contributed by atoms with Crippen LogP contribution < -0.4 is 0 Å². The Balaban J connectivity index is 1.93. The quantitative estimate of drug-likeness (QED) is 0.451. The molecule has 0 amide bonds. The van der Waals surface area contributed by atoms with Gasteiger partial charge in [0.15, 0.2) is 6.29 Å². The number of aromatic nitrogens is 4. The summed E-state index contributed by atoms with van der Waals surface area (Å²) in [5.41, 5.74) is 3.99. The van der Waals surface area contributed by atoms with Crippen LogP contribution >= 0.6 is 0 Å². The maximum absolute atomic E-state index is 11.4. The Bertz CT molecular complexity index is 1150. The number of nitrogens with zero attached hydrogens (tertiary/aromatic N) is 3. The largest absolute Gasteiger partial charge is 0.346 e. The first-order chi connectivity index (χ1) is 12.2. The number of fused-ring (bicyclic) bond motifs is 2. The zero-order valence-electron chi connectivity index (χ0n) is 13.9. The molecule has 1 aromatic carbocycles. The minimum Gasteiger partial charge on any atom is -0.346 e. The number of H-pyrrole nitrogens is 1. The molecule has 3 heterocycles.